The first-order valence-electron chi connectivity index (χ1n) is 8.16. The van der Waals surface area contributed by atoms with Crippen molar-refractivity contribution in [1.29, 1.82) is 0 Å². The molecule has 2 aliphatic heterocycles. The highest BCUT2D eigenvalue weighted by Gasteiger charge is 2.42. The highest BCUT2D eigenvalue weighted by molar-refractivity contribution is 5.79. The van der Waals surface area contributed by atoms with Crippen molar-refractivity contribution in [2.75, 3.05) is 26.2 Å². The van der Waals surface area contributed by atoms with E-state index >= 15 is 0 Å². The Morgan fingerprint density at radius 3 is 2.42 bits per heavy atom. The third-order valence-corrected chi connectivity index (χ3v) is 4.88. The van der Waals surface area contributed by atoms with Gasteiger partial charge < -0.3 is 10.0 Å². The van der Waals surface area contributed by atoms with Gasteiger partial charge in [0, 0.05) is 39.0 Å². The number of aliphatic hydroxyl groups is 1. The minimum Gasteiger partial charge on any atom is -0.390 e. The number of alkyl halides is 2. The Kier molecular flexibility index (Phi) is 4.83. The van der Waals surface area contributed by atoms with Gasteiger partial charge in [-0.25, -0.2) is 13.2 Å². The van der Waals surface area contributed by atoms with Gasteiger partial charge in [0.05, 0.1) is 18.6 Å². The SMILES string of the molecule is O=C(Cc1ccc(F)cc1)N1C[C@@H](O)[C@H](N2CCC(F)(F)CC2)C1. The van der Waals surface area contributed by atoms with Crippen LogP contribution in [0.25, 0.3) is 0 Å². The monoisotopic (exact) mass is 342 g/mol. The number of carbonyl (C=O) groups excluding carboxylic acids is 1. The number of aliphatic hydroxyl groups excluding tert-OH is 1. The van der Waals surface area contributed by atoms with Crippen LogP contribution in [0.1, 0.15) is 18.4 Å². The quantitative estimate of drug-likeness (QED) is 0.909. The summed E-state index contributed by atoms with van der Waals surface area (Å²) < 4.78 is 39.4. The molecule has 0 saturated carbocycles. The van der Waals surface area contributed by atoms with E-state index in [1.54, 1.807) is 17.0 Å². The zero-order chi connectivity index (χ0) is 17.3. The van der Waals surface area contributed by atoms with E-state index in [1.165, 1.54) is 12.1 Å². The first kappa shape index (κ1) is 17.2. The topological polar surface area (TPSA) is 43.8 Å². The van der Waals surface area contributed by atoms with Gasteiger partial charge in [-0.2, -0.15) is 0 Å². The van der Waals surface area contributed by atoms with Crippen LogP contribution in [0.3, 0.4) is 0 Å². The normalized spacial score (nSPS) is 27.4. The number of carbonyl (C=O) groups is 1. The molecule has 2 aliphatic rings. The number of nitrogens with zero attached hydrogens (tertiary/aromatic N) is 2. The maximum Gasteiger partial charge on any atom is 0.250 e. The molecule has 0 aromatic heterocycles. The fraction of sp³-hybridized carbons (Fsp3) is 0.588. The summed E-state index contributed by atoms with van der Waals surface area (Å²) in [5.74, 6) is -3.13. The van der Waals surface area contributed by atoms with E-state index < -0.39 is 12.0 Å². The number of likely N-dealkylation sites (tertiary alicyclic amines) is 2. The van der Waals surface area contributed by atoms with E-state index in [2.05, 4.69) is 0 Å². The molecule has 0 aliphatic carbocycles. The van der Waals surface area contributed by atoms with Crippen molar-refractivity contribution in [3.8, 4) is 0 Å². The molecular weight excluding hydrogens is 321 g/mol. The smallest absolute Gasteiger partial charge is 0.250 e. The third-order valence-electron chi connectivity index (χ3n) is 4.88. The molecule has 0 spiro atoms. The summed E-state index contributed by atoms with van der Waals surface area (Å²) in [6, 6.07) is 5.43. The zero-order valence-electron chi connectivity index (χ0n) is 13.3. The van der Waals surface area contributed by atoms with Gasteiger partial charge in [0.15, 0.2) is 0 Å². The second-order valence-corrected chi connectivity index (χ2v) is 6.63. The van der Waals surface area contributed by atoms with Crippen LogP contribution >= 0.6 is 0 Å². The Labute approximate surface area is 138 Å². The van der Waals surface area contributed by atoms with Crippen LogP contribution in [0.2, 0.25) is 0 Å². The van der Waals surface area contributed by atoms with Gasteiger partial charge in [-0.05, 0) is 17.7 Å². The molecule has 2 heterocycles. The molecule has 24 heavy (non-hydrogen) atoms. The van der Waals surface area contributed by atoms with Crippen LogP contribution in [0.5, 0.6) is 0 Å². The summed E-state index contributed by atoms with van der Waals surface area (Å²) in [7, 11) is 0. The number of β-amino-alcohol motifs (C(OH)–C–C–N with tert-alkyl or cyclic N) is 1. The number of halogens is 3. The molecule has 132 valence electrons. The van der Waals surface area contributed by atoms with E-state index in [0.717, 1.165) is 0 Å². The molecule has 1 N–H and O–H groups in total. The first-order chi connectivity index (χ1) is 11.3. The highest BCUT2D eigenvalue weighted by atomic mass is 19.3. The summed E-state index contributed by atoms with van der Waals surface area (Å²) in [6.45, 7) is 1.01. The number of hydrogen-bond acceptors (Lipinski definition) is 3. The van der Waals surface area contributed by atoms with Gasteiger partial charge >= 0.3 is 0 Å². The van der Waals surface area contributed by atoms with Gasteiger partial charge in [0.25, 0.3) is 5.92 Å². The van der Waals surface area contributed by atoms with Gasteiger partial charge in [0.2, 0.25) is 5.91 Å². The summed E-state index contributed by atoms with van der Waals surface area (Å²) in [4.78, 5) is 15.8. The molecule has 2 fully saturated rings. The molecule has 7 heteroatoms. The van der Waals surface area contributed by atoms with Gasteiger partial charge in [-0.1, -0.05) is 12.1 Å². The predicted molar refractivity (Wildman–Crippen MR) is 82.2 cm³/mol. The molecule has 1 aromatic rings. The summed E-state index contributed by atoms with van der Waals surface area (Å²) in [5.41, 5.74) is 0.706. The lowest BCUT2D eigenvalue weighted by Gasteiger charge is -2.36. The van der Waals surface area contributed by atoms with Crippen molar-refractivity contribution in [3.63, 3.8) is 0 Å². The fourth-order valence-corrected chi connectivity index (χ4v) is 3.40. The van der Waals surface area contributed by atoms with Crippen molar-refractivity contribution < 1.29 is 23.1 Å². The van der Waals surface area contributed by atoms with Crippen molar-refractivity contribution in [2.45, 2.75) is 37.3 Å². The van der Waals surface area contributed by atoms with Crippen molar-refractivity contribution >= 4 is 5.91 Å². The van der Waals surface area contributed by atoms with Crippen LogP contribution in [0, 0.1) is 5.82 Å². The molecule has 1 amide bonds. The minimum absolute atomic E-state index is 0.137. The van der Waals surface area contributed by atoms with Crippen LogP contribution in [-0.2, 0) is 11.2 Å². The third kappa shape index (κ3) is 3.89. The van der Waals surface area contributed by atoms with Crippen LogP contribution in [0.15, 0.2) is 24.3 Å². The lowest BCUT2D eigenvalue weighted by atomic mass is 10.0. The van der Waals surface area contributed by atoms with E-state index in [0.29, 0.717) is 12.1 Å². The summed E-state index contributed by atoms with van der Waals surface area (Å²) >= 11 is 0. The van der Waals surface area contributed by atoms with Crippen molar-refractivity contribution in [2.24, 2.45) is 0 Å². The Balaban J connectivity index is 1.57. The number of benzene rings is 1. The van der Waals surface area contributed by atoms with E-state index in [-0.39, 0.29) is 56.7 Å². The fourth-order valence-electron chi connectivity index (χ4n) is 3.40. The van der Waals surface area contributed by atoms with Gasteiger partial charge in [-0.3, -0.25) is 9.69 Å². The van der Waals surface area contributed by atoms with Gasteiger partial charge in [-0.15, -0.1) is 0 Å². The number of piperidine rings is 1. The molecule has 1 aromatic carbocycles. The Hall–Kier alpha value is -1.60. The lowest BCUT2D eigenvalue weighted by Crippen LogP contribution is -2.49. The Bertz CT molecular complexity index is 584. The largest absolute Gasteiger partial charge is 0.390 e. The van der Waals surface area contributed by atoms with E-state index in [1.807, 2.05) is 4.90 Å². The number of hydrogen-bond donors (Lipinski definition) is 1. The molecule has 0 bridgehead atoms. The van der Waals surface area contributed by atoms with Crippen LogP contribution in [-0.4, -0.2) is 65.1 Å². The van der Waals surface area contributed by atoms with Crippen molar-refractivity contribution in [3.05, 3.63) is 35.6 Å². The lowest BCUT2D eigenvalue weighted by molar-refractivity contribution is -0.130. The average molecular weight is 342 g/mol. The second-order valence-electron chi connectivity index (χ2n) is 6.63. The molecular formula is C17H21F3N2O2. The predicted octanol–water partition coefficient (Wildman–Crippen LogP) is 1.67. The molecule has 2 atom stereocenters. The highest BCUT2D eigenvalue weighted by Crippen LogP contribution is 2.30. The number of rotatable bonds is 3. The van der Waals surface area contributed by atoms with Gasteiger partial charge in [0.1, 0.15) is 5.82 Å². The van der Waals surface area contributed by atoms with Crippen LogP contribution in [0.4, 0.5) is 13.2 Å². The second kappa shape index (κ2) is 6.72. The number of amides is 1. The minimum atomic E-state index is -2.63. The van der Waals surface area contributed by atoms with E-state index in [4.69, 9.17) is 0 Å². The molecule has 3 rings (SSSR count). The van der Waals surface area contributed by atoms with Crippen LogP contribution < -0.4 is 0 Å². The standard InChI is InChI=1S/C17H21F3N2O2/c18-13-3-1-12(2-4-13)9-16(24)22-10-14(15(23)11-22)21-7-5-17(19,20)6-8-21/h1-4,14-15,23H,5-11H2/t14-,15-/m1/s1. The molecule has 0 unspecified atom stereocenters. The Morgan fingerprint density at radius 1 is 1.17 bits per heavy atom. The summed E-state index contributed by atoms with van der Waals surface area (Å²) in [5, 5.41) is 10.2. The molecule has 2 saturated heterocycles. The van der Waals surface area contributed by atoms with E-state index in [9.17, 15) is 23.1 Å². The first-order valence-corrected chi connectivity index (χ1v) is 8.16. The maximum absolute atomic E-state index is 13.3. The molecule has 0 radical (unpaired) electrons. The molecule has 4 nitrogen and oxygen atoms in total. The average Bonchev–Trinajstić information content (AvgIpc) is 2.92. The summed E-state index contributed by atoms with van der Waals surface area (Å²) in [6.07, 6.45) is -1.01. The maximum atomic E-state index is 13.3. The zero-order valence-corrected chi connectivity index (χ0v) is 13.3. The van der Waals surface area contributed by atoms with Crippen molar-refractivity contribution in [1.82, 2.24) is 9.80 Å². The Morgan fingerprint density at radius 2 is 1.79 bits per heavy atom.